The maximum Gasteiger partial charge on any atom is 0.223 e. The van der Waals surface area contributed by atoms with Gasteiger partial charge >= 0.3 is 0 Å². The smallest absolute Gasteiger partial charge is 0.223 e. The second-order valence-corrected chi connectivity index (χ2v) is 5.85. The first-order chi connectivity index (χ1) is 9.19. The molecule has 0 aliphatic rings. The van der Waals surface area contributed by atoms with E-state index in [1.807, 2.05) is 26.8 Å². The molecular weight excluding hydrogens is 257 g/mol. The van der Waals surface area contributed by atoms with Crippen LogP contribution >= 0.6 is 0 Å². The largest absolute Gasteiger partial charge is 0.369 e. The SMILES string of the molecule is Cc1cc(F)cc(NC(C#N)CC(=O)NC(C)(C)C)c1. The molecule has 0 bridgehead atoms. The van der Waals surface area contributed by atoms with Gasteiger partial charge in [-0.15, -0.1) is 0 Å². The number of anilines is 1. The van der Waals surface area contributed by atoms with Crippen molar-refractivity contribution < 1.29 is 9.18 Å². The first-order valence-corrected chi connectivity index (χ1v) is 6.44. The van der Waals surface area contributed by atoms with Crippen LogP contribution < -0.4 is 10.6 Å². The number of benzene rings is 1. The third-order valence-electron chi connectivity index (χ3n) is 2.44. The van der Waals surface area contributed by atoms with Crippen molar-refractivity contribution in [2.75, 3.05) is 5.32 Å². The Morgan fingerprint density at radius 3 is 2.55 bits per heavy atom. The molecule has 1 atom stereocenters. The van der Waals surface area contributed by atoms with Crippen molar-refractivity contribution in [3.63, 3.8) is 0 Å². The Hall–Kier alpha value is -2.09. The summed E-state index contributed by atoms with van der Waals surface area (Å²) in [4.78, 5) is 11.8. The molecule has 0 spiro atoms. The number of carbonyl (C=O) groups is 1. The summed E-state index contributed by atoms with van der Waals surface area (Å²) in [6.45, 7) is 7.38. The lowest BCUT2D eigenvalue weighted by Crippen LogP contribution is -2.42. The third kappa shape index (κ3) is 5.70. The van der Waals surface area contributed by atoms with Crippen molar-refractivity contribution in [2.45, 2.75) is 45.7 Å². The lowest BCUT2D eigenvalue weighted by Gasteiger charge is -2.21. The van der Waals surface area contributed by atoms with Crippen LogP contribution in [0, 0.1) is 24.1 Å². The van der Waals surface area contributed by atoms with Gasteiger partial charge in [-0.1, -0.05) is 0 Å². The average molecular weight is 277 g/mol. The molecule has 0 aliphatic carbocycles. The number of hydrogen-bond donors (Lipinski definition) is 2. The van der Waals surface area contributed by atoms with Crippen molar-refractivity contribution in [3.8, 4) is 6.07 Å². The van der Waals surface area contributed by atoms with Gasteiger partial charge in [-0.05, 0) is 51.5 Å². The molecule has 5 heteroatoms. The van der Waals surface area contributed by atoms with Crippen LogP contribution in [0.1, 0.15) is 32.8 Å². The van der Waals surface area contributed by atoms with Gasteiger partial charge in [0.1, 0.15) is 11.9 Å². The predicted octanol–water partition coefficient (Wildman–Crippen LogP) is 2.74. The van der Waals surface area contributed by atoms with E-state index in [2.05, 4.69) is 10.6 Å². The highest BCUT2D eigenvalue weighted by Crippen LogP contribution is 2.15. The molecule has 108 valence electrons. The number of aryl methyl sites for hydroxylation is 1. The molecule has 4 nitrogen and oxygen atoms in total. The minimum absolute atomic E-state index is 0.0172. The Morgan fingerprint density at radius 1 is 1.40 bits per heavy atom. The molecule has 0 heterocycles. The molecule has 1 aromatic carbocycles. The van der Waals surface area contributed by atoms with E-state index < -0.39 is 6.04 Å². The summed E-state index contributed by atoms with van der Waals surface area (Å²) in [5.74, 6) is -0.590. The fourth-order valence-electron chi connectivity index (χ4n) is 1.80. The van der Waals surface area contributed by atoms with Crippen LogP contribution in [0.5, 0.6) is 0 Å². The summed E-state index contributed by atoms with van der Waals surface area (Å²) >= 11 is 0. The second kappa shape index (κ2) is 6.38. The number of halogens is 1. The minimum atomic E-state index is -0.696. The van der Waals surface area contributed by atoms with Gasteiger partial charge in [0.15, 0.2) is 0 Å². The summed E-state index contributed by atoms with van der Waals surface area (Å²) in [7, 11) is 0. The van der Waals surface area contributed by atoms with Crippen molar-refractivity contribution in [2.24, 2.45) is 0 Å². The van der Waals surface area contributed by atoms with Crippen LogP contribution in [-0.4, -0.2) is 17.5 Å². The molecular formula is C15H20FN3O. The third-order valence-corrected chi connectivity index (χ3v) is 2.44. The molecule has 1 unspecified atom stereocenters. The number of nitrogens with one attached hydrogen (secondary N) is 2. The fourth-order valence-corrected chi connectivity index (χ4v) is 1.80. The van der Waals surface area contributed by atoms with E-state index in [0.29, 0.717) is 5.69 Å². The monoisotopic (exact) mass is 277 g/mol. The van der Waals surface area contributed by atoms with Crippen molar-refractivity contribution >= 4 is 11.6 Å². The molecule has 0 saturated carbocycles. The zero-order valence-electron chi connectivity index (χ0n) is 12.2. The lowest BCUT2D eigenvalue weighted by molar-refractivity contribution is -0.122. The molecule has 1 amide bonds. The van der Waals surface area contributed by atoms with Crippen molar-refractivity contribution in [1.82, 2.24) is 5.32 Å². The minimum Gasteiger partial charge on any atom is -0.369 e. The van der Waals surface area contributed by atoms with Crippen LogP contribution in [0.4, 0.5) is 10.1 Å². The van der Waals surface area contributed by atoms with Gasteiger partial charge < -0.3 is 10.6 Å². The van der Waals surface area contributed by atoms with Crippen LogP contribution in [0.15, 0.2) is 18.2 Å². The first kappa shape index (κ1) is 16.0. The Balaban J connectivity index is 2.68. The van der Waals surface area contributed by atoms with E-state index >= 15 is 0 Å². The Bertz CT molecular complexity index is 509. The van der Waals surface area contributed by atoms with Gasteiger partial charge in [-0.2, -0.15) is 5.26 Å². The Morgan fingerprint density at radius 2 is 2.05 bits per heavy atom. The lowest BCUT2D eigenvalue weighted by atomic mass is 10.1. The average Bonchev–Trinajstić information content (AvgIpc) is 2.23. The summed E-state index contributed by atoms with van der Waals surface area (Å²) in [5, 5.41) is 14.7. The fraction of sp³-hybridized carbons (Fsp3) is 0.467. The van der Waals surface area contributed by atoms with Crippen LogP contribution in [0.3, 0.4) is 0 Å². The summed E-state index contributed by atoms with van der Waals surface area (Å²) < 4.78 is 13.3. The number of carbonyl (C=O) groups excluding carboxylic acids is 1. The summed E-state index contributed by atoms with van der Waals surface area (Å²) in [6, 6.07) is 5.75. The highest BCUT2D eigenvalue weighted by Gasteiger charge is 2.18. The van der Waals surface area contributed by atoms with Gasteiger partial charge in [0, 0.05) is 11.2 Å². The Labute approximate surface area is 119 Å². The number of amides is 1. The molecule has 1 aromatic rings. The van der Waals surface area contributed by atoms with E-state index in [-0.39, 0.29) is 23.7 Å². The van der Waals surface area contributed by atoms with E-state index in [4.69, 9.17) is 5.26 Å². The zero-order valence-corrected chi connectivity index (χ0v) is 12.2. The number of nitriles is 1. The highest BCUT2D eigenvalue weighted by molar-refractivity contribution is 5.78. The normalized spacial score (nSPS) is 12.4. The van der Waals surface area contributed by atoms with Crippen LogP contribution in [-0.2, 0) is 4.79 Å². The van der Waals surface area contributed by atoms with E-state index in [9.17, 15) is 9.18 Å². The van der Waals surface area contributed by atoms with Gasteiger partial charge in [0.05, 0.1) is 12.5 Å². The molecule has 1 rings (SSSR count). The topological polar surface area (TPSA) is 64.9 Å². The summed E-state index contributed by atoms with van der Waals surface area (Å²) in [5.41, 5.74) is 0.910. The van der Waals surface area contributed by atoms with Crippen molar-refractivity contribution in [1.29, 1.82) is 5.26 Å². The van der Waals surface area contributed by atoms with Gasteiger partial charge in [-0.3, -0.25) is 4.79 Å². The molecule has 0 fully saturated rings. The second-order valence-electron chi connectivity index (χ2n) is 5.85. The number of nitrogens with zero attached hydrogens (tertiary/aromatic N) is 1. The molecule has 0 saturated heterocycles. The quantitative estimate of drug-likeness (QED) is 0.889. The number of hydrogen-bond acceptors (Lipinski definition) is 3. The van der Waals surface area contributed by atoms with E-state index in [1.54, 1.807) is 13.0 Å². The molecule has 20 heavy (non-hydrogen) atoms. The molecule has 0 aromatic heterocycles. The van der Waals surface area contributed by atoms with Gasteiger partial charge in [0.25, 0.3) is 0 Å². The van der Waals surface area contributed by atoms with E-state index in [0.717, 1.165) is 5.56 Å². The first-order valence-electron chi connectivity index (χ1n) is 6.44. The molecule has 0 aliphatic heterocycles. The van der Waals surface area contributed by atoms with E-state index in [1.165, 1.54) is 12.1 Å². The maximum absolute atomic E-state index is 13.3. The highest BCUT2D eigenvalue weighted by atomic mass is 19.1. The Kier molecular flexibility index (Phi) is 5.09. The molecule has 0 radical (unpaired) electrons. The number of rotatable bonds is 4. The molecule has 2 N–H and O–H groups in total. The van der Waals surface area contributed by atoms with Gasteiger partial charge in [0.2, 0.25) is 5.91 Å². The van der Waals surface area contributed by atoms with Crippen LogP contribution in [0.2, 0.25) is 0 Å². The van der Waals surface area contributed by atoms with Crippen LogP contribution in [0.25, 0.3) is 0 Å². The zero-order chi connectivity index (χ0) is 15.3. The summed E-state index contributed by atoms with van der Waals surface area (Å²) in [6.07, 6.45) is 0.0172. The standard InChI is InChI=1S/C15H20FN3O/c1-10-5-11(16)7-12(6-10)18-13(9-17)8-14(20)19-15(2,3)4/h5-7,13,18H,8H2,1-4H3,(H,19,20). The predicted molar refractivity (Wildman–Crippen MR) is 76.7 cm³/mol. The maximum atomic E-state index is 13.3. The van der Waals surface area contributed by atoms with Crippen molar-refractivity contribution in [3.05, 3.63) is 29.6 Å². The van der Waals surface area contributed by atoms with Gasteiger partial charge in [-0.25, -0.2) is 4.39 Å².